The fourth-order valence-electron chi connectivity index (χ4n) is 2.40. The van der Waals surface area contributed by atoms with Gasteiger partial charge in [-0.1, -0.05) is 0 Å². The van der Waals surface area contributed by atoms with Crippen LogP contribution >= 0.6 is 11.5 Å². The van der Waals surface area contributed by atoms with Crippen molar-refractivity contribution >= 4 is 40.6 Å². The summed E-state index contributed by atoms with van der Waals surface area (Å²) in [5.41, 5.74) is 10.8. The number of methoxy groups -OCH3 is 1. The number of hydrogen-bond acceptors (Lipinski definition) is 7. The lowest BCUT2D eigenvalue weighted by molar-refractivity contribution is -0.121. The third kappa shape index (κ3) is 4.97. The second-order valence-corrected chi connectivity index (χ2v) is 7.80. The molecule has 10 heteroatoms. The fourth-order valence-corrected chi connectivity index (χ4v) is 3.15. The van der Waals surface area contributed by atoms with Gasteiger partial charge in [0.2, 0.25) is 5.91 Å². The highest BCUT2D eigenvalue weighted by Crippen LogP contribution is 2.27. The van der Waals surface area contributed by atoms with E-state index in [-0.39, 0.29) is 28.7 Å². The summed E-state index contributed by atoms with van der Waals surface area (Å²) in [5.74, 6) is -1.13. The van der Waals surface area contributed by atoms with E-state index in [1.807, 2.05) is 20.8 Å². The molecule has 3 amide bonds. The van der Waals surface area contributed by atoms with Crippen LogP contribution in [0.1, 0.15) is 40.9 Å². The van der Waals surface area contributed by atoms with Crippen molar-refractivity contribution in [1.82, 2.24) is 9.69 Å². The van der Waals surface area contributed by atoms with Crippen LogP contribution < -0.4 is 26.4 Å². The number of benzene rings is 1. The average Bonchev–Trinajstić information content (AvgIpc) is 2.99. The van der Waals surface area contributed by atoms with Crippen molar-refractivity contribution in [2.45, 2.75) is 26.3 Å². The van der Waals surface area contributed by atoms with Crippen molar-refractivity contribution in [3.8, 4) is 5.75 Å². The van der Waals surface area contributed by atoms with Gasteiger partial charge in [-0.2, -0.15) is 4.37 Å². The van der Waals surface area contributed by atoms with Crippen LogP contribution in [0.2, 0.25) is 0 Å². The number of aromatic nitrogens is 1. The van der Waals surface area contributed by atoms with Gasteiger partial charge in [0.15, 0.2) is 5.69 Å². The summed E-state index contributed by atoms with van der Waals surface area (Å²) in [5, 5.41) is 2.81. The number of rotatable bonds is 6. The van der Waals surface area contributed by atoms with Gasteiger partial charge in [-0.05, 0) is 56.6 Å². The standard InChI is InChI=1S/C18H23N5O4S/c1-18(2,3)21-12(24)9-23(10-5-7-11(27-4)8-6-10)17(26)15-13(19)14(16(20)25)22-28-15/h5-8H,9,19H2,1-4H3,(H2,20,25)(H,21,24). The number of ether oxygens (including phenoxy) is 1. The summed E-state index contributed by atoms with van der Waals surface area (Å²) in [6.45, 7) is 5.27. The molecular formula is C18H23N5O4S. The van der Waals surface area contributed by atoms with Gasteiger partial charge in [0.25, 0.3) is 11.8 Å². The Morgan fingerprint density at radius 1 is 1.21 bits per heavy atom. The molecule has 2 rings (SSSR count). The summed E-state index contributed by atoms with van der Waals surface area (Å²) < 4.78 is 8.98. The Hall–Kier alpha value is -3.14. The van der Waals surface area contributed by atoms with Crippen molar-refractivity contribution in [3.05, 3.63) is 34.8 Å². The molecule has 0 aliphatic rings. The Bertz CT molecular complexity index is 886. The van der Waals surface area contributed by atoms with Gasteiger partial charge >= 0.3 is 0 Å². The highest BCUT2D eigenvalue weighted by Gasteiger charge is 2.28. The number of carbonyl (C=O) groups excluding carboxylic acids is 3. The van der Waals surface area contributed by atoms with Gasteiger partial charge in [0, 0.05) is 11.2 Å². The normalized spacial score (nSPS) is 11.0. The first kappa shape index (κ1) is 21.2. The molecular weight excluding hydrogens is 382 g/mol. The van der Waals surface area contributed by atoms with Crippen LogP contribution in [0.3, 0.4) is 0 Å². The molecule has 150 valence electrons. The maximum absolute atomic E-state index is 13.1. The van der Waals surface area contributed by atoms with Crippen molar-refractivity contribution in [3.63, 3.8) is 0 Å². The highest BCUT2D eigenvalue weighted by molar-refractivity contribution is 7.09. The minimum atomic E-state index is -0.825. The molecule has 0 aliphatic heterocycles. The van der Waals surface area contributed by atoms with Crippen LogP contribution in [0, 0.1) is 0 Å². The first-order chi connectivity index (χ1) is 13.0. The molecule has 0 fully saturated rings. The molecule has 9 nitrogen and oxygen atoms in total. The molecule has 0 saturated carbocycles. The fraction of sp³-hybridized carbons (Fsp3) is 0.333. The predicted octanol–water partition coefficient (Wildman–Crippen LogP) is 1.39. The first-order valence-electron chi connectivity index (χ1n) is 8.35. The number of amides is 3. The average molecular weight is 405 g/mol. The number of primary amides is 1. The molecule has 2 aromatic rings. The van der Waals surface area contributed by atoms with E-state index in [4.69, 9.17) is 16.2 Å². The molecule has 0 unspecified atom stereocenters. The van der Waals surface area contributed by atoms with E-state index in [2.05, 4.69) is 9.69 Å². The summed E-state index contributed by atoms with van der Waals surface area (Å²) >= 11 is 0.760. The molecule has 0 radical (unpaired) electrons. The monoisotopic (exact) mass is 405 g/mol. The van der Waals surface area contributed by atoms with Crippen LogP contribution in [0.15, 0.2) is 24.3 Å². The van der Waals surface area contributed by atoms with Gasteiger partial charge in [-0.3, -0.25) is 19.3 Å². The van der Waals surface area contributed by atoms with Crippen molar-refractivity contribution in [1.29, 1.82) is 0 Å². The second-order valence-electron chi connectivity index (χ2n) is 7.03. The van der Waals surface area contributed by atoms with Crippen LogP contribution in [0.4, 0.5) is 11.4 Å². The Balaban J connectivity index is 2.40. The Morgan fingerprint density at radius 2 is 1.82 bits per heavy atom. The SMILES string of the molecule is COc1ccc(N(CC(=O)NC(C)(C)C)C(=O)c2snc(C(N)=O)c2N)cc1. The minimum Gasteiger partial charge on any atom is -0.497 e. The molecule has 0 spiro atoms. The van der Waals surface area contributed by atoms with E-state index >= 15 is 0 Å². The number of nitrogens with two attached hydrogens (primary N) is 2. The third-order valence-electron chi connectivity index (χ3n) is 3.60. The van der Waals surface area contributed by atoms with E-state index in [1.54, 1.807) is 24.3 Å². The highest BCUT2D eigenvalue weighted by atomic mass is 32.1. The van der Waals surface area contributed by atoms with Gasteiger partial charge < -0.3 is 21.5 Å². The Labute approximate surface area is 166 Å². The number of hydrogen-bond donors (Lipinski definition) is 3. The molecule has 28 heavy (non-hydrogen) atoms. The number of nitrogens with one attached hydrogen (secondary N) is 1. The van der Waals surface area contributed by atoms with Crippen LogP contribution in [-0.4, -0.2) is 41.3 Å². The lowest BCUT2D eigenvalue weighted by Crippen LogP contribution is -2.47. The molecule has 0 saturated heterocycles. The van der Waals surface area contributed by atoms with Crippen molar-refractivity contribution < 1.29 is 19.1 Å². The smallest absolute Gasteiger partial charge is 0.272 e. The van der Waals surface area contributed by atoms with Gasteiger partial charge in [-0.25, -0.2) is 0 Å². The lowest BCUT2D eigenvalue weighted by Gasteiger charge is -2.26. The zero-order valence-corrected chi connectivity index (χ0v) is 16.9. The van der Waals surface area contributed by atoms with Crippen LogP contribution in [0.5, 0.6) is 5.75 Å². The molecule has 0 bridgehead atoms. The molecule has 0 atom stereocenters. The third-order valence-corrected chi connectivity index (χ3v) is 4.45. The van der Waals surface area contributed by atoms with Crippen molar-refractivity contribution in [2.24, 2.45) is 5.73 Å². The lowest BCUT2D eigenvalue weighted by atomic mass is 10.1. The molecule has 1 heterocycles. The maximum atomic E-state index is 13.1. The Kier molecular flexibility index (Phi) is 6.24. The quantitative estimate of drug-likeness (QED) is 0.663. The first-order valence-corrected chi connectivity index (χ1v) is 9.12. The number of carbonyl (C=O) groups is 3. The van der Waals surface area contributed by atoms with E-state index in [0.29, 0.717) is 11.4 Å². The van der Waals surface area contributed by atoms with Gasteiger partial charge in [0.05, 0.1) is 12.8 Å². The molecule has 5 N–H and O–H groups in total. The summed E-state index contributed by atoms with van der Waals surface area (Å²) in [6, 6.07) is 6.63. The van der Waals surface area contributed by atoms with Crippen LogP contribution in [-0.2, 0) is 4.79 Å². The summed E-state index contributed by atoms with van der Waals surface area (Å²) in [6.07, 6.45) is 0. The van der Waals surface area contributed by atoms with E-state index < -0.39 is 17.4 Å². The number of nitrogen functional groups attached to an aromatic ring is 1. The molecule has 1 aromatic carbocycles. The zero-order chi connectivity index (χ0) is 21.1. The summed E-state index contributed by atoms with van der Waals surface area (Å²) in [4.78, 5) is 38.2. The zero-order valence-electron chi connectivity index (χ0n) is 16.1. The van der Waals surface area contributed by atoms with E-state index in [0.717, 1.165) is 11.5 Å². The largest absolute Gasteiger partial charge is 0.497 e. The Morgan fingerprint density at radius 3 is 2.29 bits per heavy atom. The van der Waals surface area contributed by atoms with Crippen LogP contribution in [0.25, 0.3) is 0 Å². The molecule has 0 aliphatic carbocycles. The minimum absolute atomic E-state index is 0.0353. The number of nitrogens with zero attached hydrogens (tertiary/aromatic N) is 2. The second kappa shape index (κ2) is 8.26. The van der Waals surface area contributed by atoms with Crippen molar-refractivity contribution in [2.75, 3.05) is 24.3 Å². The van der Waals surface area contributed by atoms with E-state index in [1.165, 1.54) is 12.0 Å². The maximum Gasteiger partial charge on any atom is 0.272 e. The topological polar surface area (TPSA) is 141 Å². The van der Waals surface area contributed by atoms with E-state index in [9.17, 15) is 14.4 Å². The van der Waals surface area contributed by atoms with Gasteiger partial charge in [0.1, 0.15) is 17.2 Å². The summed E-state index contributed by atoms with van der Waals surface area (Å²) in [7, 11) is 1.53. The molecule has 1 aromatic heterocycles. The number of anilines is 2. The van der Waals surface area contributed by atoms with Gasteiger partial charge in [-0.15, -0.1) is 0 Å². The predicted molar refractivity (Wildman–Crippen MR) is 108 cm³/mol.